The normalized spacial score (nSPS) is 13.7. The smallest absolute Gasteiger partial charge is 0.413 e. The van der Waals surface area contributed by atoms with Crippen molar-refractivity contribution in [3.05, 3.63) is 54.1 Å². The van der Waals surface area contributed by atoms with E-state index in [1.165, 1.54) is 32.2 Å². The minimum absolute atomic E-state index is 0.0447. The first-order valence-corrected chi connectivity index (χ1v) is 12.6. The maximum absolute atomic E-state index is 13.1. The number of hydrogen-bond acceptors (Lipinski definition) is 8. The summed E-state index contributed by atoms with van der Waals surface area (Å²) >= 11 is 0. The number of amides is 1. The zero-order valence-corrected chi connectivity index (χ0v) is 20.4. The van der Waals surface area contributed by atoms with E-state index in [-0.39, 0.29) is 17.4 Å². The third-order valence-corrected chi connectivity index (χ3v) is 7.09. The topological polar surface area (TPSA) is 137 Å². The molecular weight excluding hydrogens is 458 g/mol. The summed E-state index contributed by atoms with van der Waals surface area (Å²) in [5.74, 6) is -0.326. The van der Waals surface area contributed by atoms with E-state index in [0.29, 0.717) is 17.6 Å². The predicted molar refractivity (Wildman–Crippen MR) is 130 cm³/mol. The maximum atomic E-state index is 13.1. The second-order valence-corrected chi connectivity index (χ2v) is 10.4. The highest BCUT2D eigenvalue weighted by atomic mass is 32.2. The molecule has 3 aromatic rings. The van der Waals surface area contributed by atoms with Gasteiger partial charge in [0.05, 0.1) is 34.4 Å². The molecule has 0 aliphatic carbocycles. The van der Waals surface area contributed by atoms with Crippen LogP contribution in [0, 0.1) is 0 Å². The van der Waals surface area contributed by atoms with Crippen molar-refractivity contribution < 1.29 is 23.1 Å². The Kier molecular flexibility index (Phi) is 8.26. The molecule has 1 atom stereocenters. The van der Waals surface area contributed by atoms with Crippen LogP contribution in [-0.2, 0) is 21.1 Å². The van der Waals surface area contributed by atoms with Crippen LogP contribution in [0.2, 0.25) is 0 Å². The summed E-state index contributed by atoms with van der Waals surface area (Å²) in [5.41, 5.74) is 3.71. The van der Waals surface area contributed by atoms with Crippen molar-refractivity contribution in [1.82, 2.24) is 20.4 Å². The van der Waals surface area contributed by atoms with Gasteiger partial charge in [-0.3, -0.25) is 10.7 Å². The number of hydrazine groups is 1. The van der Waals surface area contributed by atoms with E-state index in [4.69, 9.17) is 0 Å². The highest BCUT2D eigenvalue weighted by Crippen LogP contribution is 2.22. The summed E-state index contributed by atoms with van der Waals surface area (Å²) in [4.78, 5) is 18.4. The van der Waals surface area contributed by atoms with Crippen LogP contribution in [0.15, 0.2) is 53.4 Å². The first-order valence-electron chi connectivity index (χ1n) is 10.9. The van der Waals surface area contributed by atoms with Crippen molar-refractivity contribution in [2.45, 2.75) is 37.3 Å². The molecule has 11 heteroatoms. The Balaban J connectivity index is 1.68. The zero-order chi connectivity index (χ0) is 24.8. The van der Waals surface area contributed by atoms with Gasteiger partial charge in [-0.05, 0) is 37.1 Å². The molecule has 184 valence electrons. The van der Waals surface area contributed by atoms with Gasteiger partial charge in [-0.1, -0.05) is 37.3 Å². The van der Waals surface area contributed by atoms with E-state index < -0.39 is 27.3 Å². The number of anilines is 1. The number of hydrogen-bond donors (Lipinski definition) is 4. The highest BCUT2D eigenvalue weighted by Gasteiger charge is 2.30. The number of nitrogens with zero attached hydrogens (tertiary/aromatic N) is 2. The van der Waals surface area contributed by atoms with Crippen LogP contribution in [-0.4, -0.2) is 66.1 Å². The van der Waals surface area contributed by atoms with Gasteiger partial charge in [-0.25, -0.2) is 23.2 Å². The SMILES string of the molecule is CCCN(Cc1ccccc1)NC[C@@](C)(O)CS(=O)(=O)c1ccc2nc(NC(=O)OC)[nH]c2c1. The molecule has 0 bridgehead atoms. The summed E-state index contributed by atoms with van der Waals surface area (Å²) in [6, 6.07) is 14.3. The number of sulfone groups is 1. The van der Waals surface area contributed by atoms with Crippen molar-refractivity contribution in [2.75, 3.05) is 31.3 Å². The Labute approximate surface area is 199 Å². The van der Waals surface area contributed by atoms with Crippen LogP contribution in [0.5, 0.6) is 0 Å². The van der Waals surface area contributed by atoms with E-state index in [9.17, 15) is 18.3 Å². The number of nitrogens with one attached hydrogen (secondary N) is 3. The van der Waals surface area contributed by atoms with Gasteiger partial charge in [0.1, 0.15) is 0 Å². The molecular formula is C23H31N5O5S. The lowest BCUT2D eigenvalue weighted by Crippen LogP contribution is -2.49. The van der Waals surface area contributed by atoms with Crippen LogP contribution in [0.25, 0.3) is 11.0 Å². The number of carbonyl (C=O) groups is 1. The number of imidazole rings is 1. The molecule has 0 unspecified atom stereocenters. The summed E-state index contributed by atoms with van der Waals surface area (Å²) in [6.45, 7) is 5.00. The van der Waals surface area contributed by atoms with E-state index in [2.05, 4.69) is 32.4 Å². The van der Waals surface area contributed by atoms with Gasteiger partial charge in [0.2, 0.25) is 5.95 Å². The Morgan fingerprint density at radius 1 is 1.24 bits per heavy atom. The van der Waals surface area contributed by atoms with Crippen molar-refractivity contribution >= 4 is 32.9 Å². The lowest BCUT2D eigenvalue weighted by molar-refractivity contribution is 0.0477. The zero-order valence-electron chi connectivity index (χ0n) is 19.5. The molecule has 1 heterocycles. The molecule has 0 aliphatic rings. The monoisotopic (exact) mass is 489 g/mol. The maximum Gasteiger partial charge on any atom is 0.413 e. The molecule has 0 radical (unpaired) electrons. The molecule has 3 rings (SSSR count). The Bertz CT molecular complexity index is 1210. The molecule has 10 nitrogen and oxygen atoms in total. The number of methoxy groups -OCH3 is 1. The molecule has 34 heavy (non-hydrogen) atoms. The third kappa shape index (κ3) is 7.00. The van der Waals surface area contributed by atoms with Crippen molar-refractivity contribution in [3.63, 3.8) is 0 Å². The van der Waals surface area contributed by atoms with Gasteiger partial charge >= 0.3 is 6.09 Å². The Hall–Kier alpha value is -2.99. The second kappa shape index (κ2) is 11.0. The van der Waals surface area contributed by atoms with Crippen LogP contribution in [0.1, 0.15) is 25.8 Å². The lowest BCUT2D eigenvalue weighted by atomic mass is 10.1. The van der Waals surface area contributed by atoms with Crippen LogP contribution < -0.4 is 10.7 Å². The largest absolute Gasteiger partial charge is 0.453 e. The van der Waals surface area contributed by atoms with Crippen molar-refractivity contribution in [2.24, 2.45) is 0 Å². The Morgan fingerprint density at radius 3 is 2.65 bits per heavy atom. The molecule has 1 aromatic heterocycles. The fourth-order valence-corrected chi connectivity index (χ4v) is 5.16. The van der Waals surface area contributed by atoms with Gasteiger partial charge in [-0.15, -0.1) is 0 Å². The molecule has 0 aliphatic heterocycles. The quantitative estimate of drug-likeness (QED) is 0.302. The molecule has 4 N–H and O–H groups in total. The number of aromatic nitrogens is 2. The third-order valence-electron chi connectivity index (χ3n) is 5.11. The number of ether oxygens (including phenoxy) is 1. The van der Waals surface area contributed by atoms with Crippen LogP contribution in [0.3, 0.4) is 0 Å². The summed E-state index contributed by atoms with van der Waals surface area (Å²) in [7, 11) is -2.59. The van der Waals surface area contributed by atoms with Crippen molar-refractivity contribution in [1.29, 1.82) is 0 Å². The highest BCUT2D eigenvalue weighted by molar-refractivity contribution is 7.91. The number of benzene rings is 2. The molecule has 0 spiro atoms. The van der Waals surface area contributed by atoms with Crippen LogP contribution >= 0.6 is 0 Å². The average Bonchev–Trinajstić information content (AvgIpc) is 3.19. The van der Waals surface area contributed by atoms with E-state index in [0.717, 1.165) is 18.5 Å². The summed E-state index contributed by atoms with van der Waals surface area (Å²) in [5, 5.41) is 15.3. The number of aromatic amines is 1. The fraction of sp³-hybridized carbons (Fsp3) is 0.391. The first-order chi connectivity index (χ1) is 16.1. The van der Waals surface area contributed by atoms with E-state index in [1.54, 1.807) is 0 Å². The van der Waals surface area contributed by atoms with E-state index in [1.807, 2.05) is 35.3 Å². The minimum Gasteiger partial charge on any atom is -0.453 e. The number of H-pyrrole nitrogens is 1. The van der Waals surface area contributed by atoms with Gasteiger partial charge < -0.3 is 14.8 Å². The van der Waals surface area contributed by atoms with Gasteiger partial charge in [-0.2, -0.15) is 0 Å². The fourth-order valence-electron chi connectivity index (χ4n) is 3.50. The van der Waals surface area contributed by atoms with Gasteiger partial charge in [0, 0.05) is 19.6 Å². The standard InChI is InChI=1S/C23H31N5O5S/c1-4-12-28(14-17-8-6-5-7-9-17)24-15-23(2,30)16-34(31,32)18-10-11-19-20(13-18)26-21(25-19)27-22(29)33-3/h5-11,13,24,30H,4,12,14-16H2,1-3H3,(H2,25,26,27,29)/t23-/m1/s1. The van der Waals surface area contributed by atoms with Crippen molar-refractivity contribution in [3.8, 4) is 0 Å². The predicted octanol–water partition coefficient (Wildman–Crippen LogP) is 2.68. The molecule has 0 saturated carbocycles. The summed E-state index contributed by atoms with van der Waals surface area (Å²) in [6.07, 6.45) is 0.205. The number of aliphatic hydroxyl groups is 1. The summed E-state index contributed by atoms with van der Waals surface area (Å²) < 4.78 is 30.6. The molecule has 2 aromatic carbocycles. The van der Waals surface area contributed by atoms with E-state index >= 15 is 0 Å². The van der Waals surface area contributed by atoms with Gasteiger partial charge in [0.25, 0.3) is 0 Å². The first kappa shape index (κ1) is 25.6. The molecule has 1 amide bonds. The number of fused-ring (bicyclic) bond motifs is 1. The average molecular weight is 490 g/mol. The second-order valence-electron chi connectivity index (χ2n) is 8.38. The minimum atomic E-state index is -3.82. The Morgan fingerprint density at radius 2 is 1.97 bits per heavy atom. The molecule has 0 saturated heterocycles. The van der Waals surface area contributed by atoms with Gasteiger partial charge in [0.15, 0.2) is 9.84 Å². The number of rotatable bonds is 11. The molecule has 0 fully saturated rings. The number of carbonyl (C=O) groups excluding carboxylic acids is 1. The lowest BCUT2D eigenvalue weighted by Gasteiger charge is -2.29. The van der Waals surface area contributed by atoms with Crippen LogP contribution in [0.4, 0.5) is 10.7 Å².